The van der Waals surface area contributed by atoms with Crippen LogP contribution in [0, 0.1) is 5.82 Å². The Labute approximate surface area is 151 Å². The summed E-state index contributed by atoms with van der Waals surface area (Å²) < 4.78 is 14.8. The second-order valence-corrected chi connectivity index (χ2v) is 6.76. The standard InChI is InChI=1S/C20H21FN4O/c21-17-5-3-16(4-6-17)19-9-10-24(12-20(19)26)11-15-1-7-18(8-2-15)25-14-22-13-23-25/h1-8,13-14,19-20,26H,9-12H2/t19-,20+/m0/s1. The van der Waals surface area contributed by atoms with Crippen molar-refractivity contribution in [3.8, 4) is 5.69 Å². The van der Waals surface area contributed by atoms with Crippen LogP contribution in [0.15, 0.2) is 61.2 Å². The summed E-state index contributed by atoms with van der Waals surface area (Å²) in [5.74, 6) is -0.170. The number of halogens is 1. The molecule has 0 amide bonds. The highest BCUT2D eigenvalue weighted by atomic mass is 19.1. The van der Waals surface area contributed by atoms with Gasteiger partial charge in [-0.2, -0.15) is 5.10 Å². The zero-order chi connectivity index (χ0) is 17.9. The fraction of sp³-hybridized carbons (Fsp3) is 0.300. The number of benzene rings is 2. The number of nitrogens with zero attached hydrogens (tertiary/aromatic N) is 4. The number of piperidine rings is 1. The van der Waals surface area contributed by atoms with Crippen LogP contribution in [0.2, 0.25) is 0 Å². The van der Waals surface area contributed by atoms with Gasteiger partial charge in [0.1, 0.15) is 18.5 Å². The lowest BCUT2D eigenvalue weighted by molar-refractivity contribution is 0.0476. The highest BCUT2D eigenvalue weighted by molar-refractivity contribution is 5.33. The summed E-state index contributed by atoms with van der Waals surface area (Å²) in [7, 11) is 0. The van der Waals surface area contributed by atoms with Crippen LogP contribution >= 0.6 is 0 Å². The molecular weight excluding hydrogens is 331 g/mol. The average Bonchev–Trinajstić information content (AvgIpc) is 3.18. The molecule has 2 atom stereocenters. The van der Waals surface area contributed by atoms with Crippen molar-refractivity contribution < 1.29 is 9.50 Å². The molecule has 0 unspecified atom stereocenters. The molecule has 3 aromatic rings. The van der Waals surface area contributed by atoms with E-state index in [-0.39, 0.29) is 11.7 Å². The van der Waals surface area contributed by atoms with E-state index in [1.807, 2.05) is 12.1 Å². The summed E-state index contributed by atoms with van der Waals surface area (Å²) in [4.78, 5) is 6.21. The number of hydrogen-bond acceptors (Lipinski definition) is 4. The molecule has 1 fully saturated rings. The molecule has 5 nitrogen and oxygen atoms in total. The number of aliphatic hydroxyl groups excluding tert-OH is 1. The van der Waals surface area contributed by atoms with Crippen LogP contribution in [-0.2, 0) is 6.54 Å². The van der Waals surface area contributed by atoms with Gasteiger partial charge in [-0.1, -0.05) is 24.3 Å². The van der Waals surface area contributed by atoms with Crippen molar-refractivity contribution in [2.45, 2.75) is 25.0 Å². The molecule has 0 bridgehead atoms. The van der Waals surface area contributed by atoms with Crippen LogP contribution < -0.4 is 0 Å². The Bertz CT molecular complexity index is 833. The summed E-state index contributed by atoms with van der Waals surface area (Å²) in [6, 6.07) is 14.7. The fourth-order valence-corrected chi connectivity index (χ4v) is 3.59. The topological polar surface area (TPSA) is 54.2 Å². The summed E-state index contributed by atoms with van der Waals surface area (Å²) >= 11 is 0. The Kier molecular flexibility index (Phi) is 4.77. The molecule has 0 saturated carbocycles. The van der Waals surface area contributed by atoms with Crippen molar-refractivity contribution >= 4 is 0 Å². The Morgan fingerprint density at radius 2 is 1.85 bits per heavy atom. The minimum absolute atomic E-state index is 0.0709. The average molecular weight is 352 g/mol. The summed E-state index contributed by atoms with van der Waals surface area (Å²) in [5.41, 5.74) is 3.18. The highest BCUT2D eigenvalue weighted by Crippen LogP contribution is 2.29. The second-order valence-electron chi connectivity index (χ2n) is 6.76. The zero-order valence-electron chi connectivity index (χ0n) is 14.4. The lowest BCUT2D eigenvalue weighted by atomic mass is 9.87. The van der Waals surface area contributed by atoms with Crippen LogP contribution in [0.1, 0.15) is 23.5 Å². The molecule has 1 saturated heterocycles. The lowest BCUT2D eigenvalue weighted by Gasteiger charge is -2.36. The molecule has 4 rings (SSSR count). The smallest absolute Gasteiger partial charge is 0.138 e. The van der Waals surface area contributed by atoms with E-state index in [4.69, 9.17) is 0 Å². The molecule has 6 heteroatoms. The van der Waals surface area contributed by atoms with Gasteiger partial charge in [0, 0.05) is 19.0 Å². The molecule has 2 heterocycles. The van der Waals surface area contributed by atoms with Crippen LogP contribution in [0.4, 0.5) is 4.39 Å². The maximum Gasteiger partial charge on any atom is 0.138 e. The van der Waals surface area contributed by atoms with Gasteiger partial charge in [0.2, 0.25) is 0 Å². The normalized spacial score (nSPS) is 21.0. The van der Waals surface area contributed by atoms with E-state index in [1.165, 1.54) is 24.0 Å². The predicted octanol–water partition coefficient (Wildman–Crippen LogP) is 2.76. The summed E-state index contributed by atoms with van der Waals surface area (Å²) in [6.07, 6.45) is 3.61. The van der Waals surface area contributed by atoms with Gasteiger partial charge in [-0.15, -0.1) is 0 Å². The molecule has 1 aliphatic heterocycles. The maximum absolute atomic E-state index is 13.1. The fourth-order valence-electron chi connectivity index (χ4n) is 3.59. The number of aliphatic hydroxyl groups is 1. The highest BCUT2D eigenvalue weighted by Gasteiger charge is 2.28. The van der Waals surface area contributed by atoms with E-state index in [0.29, 0.717) is 6.54 Å². The van der Waals surface area contributed by atoms with Gasteiger partial charge in [0.25, 0.3) is 0 Å². The van der Waals surface area contributed by atoms with Crippen molar-refractivity contribution in [3.05, 3.63) is 78.1 Å². The number of β-amino-alcohol motifs (C(OH)–C–C–N with tert-alkyl or cyclic N) is 1. The van der Waals surface area contributed by atoms with Gasteiger partial charge in [0.05, 0.1) is 11.8 Å². The van der Waals surface area contributed by atoms with Gasteiger partial charge in [-0.3, -0.25) is 4.90 Å². The molecular formula is C20H21FN4O. The molecule has 2 aromatic carbocycles. The first kappa shape index (κ1) is 16.9. The number of aromatic nitrogens is 3. The third kappa shape index (κ3) is 3.66. The van der Waals surface area contributed by atoms with Gasteiger partial charge in [0.15, 0.2) is 0 Å². The third-order valence-electron chi connectivity index (χ3n) is 4.99. The Hall–Kier alpha value is -2.57. The molecule has 0 aliphatic carbocycles. The zero-order valence-corrected chi connectivity index (χ0v) is 14.4. The van der Waals surface area contributed by atoms with Crippen molar-refractivity contribution in [2.75, 3.05) is 13.1 Å². The van der Waals surface area contributed by atoms with Gasteiger partial charge in [-0.05, 0) is 48.4 Å². The van der Waals surface area contributed by atoms with E-state index < -0.39 is 6.10 Å². The van der Waals surface area contributed by atoms with Crippen molar-refractivity contribution in [3.63, 3.8) is 0 Å². The lowest BCUT2D eigenvalue weighted by Crippen LogP contribution is -2.42. The molecule has 1 aliphatic rings. The molecule has 0 spiro atoms. The van der Waals surface area contributed by atoms with Gasteiger partial charge in [-0.25, -0.2) is 14.1 Å². The molecule has 0 radical (unpaired) electrons. The Morgan fingerprint density at radius 3 is 2.50 bits per heavy atom. The molecule has 26 heavy (non-hydrogen) atoms. The predicted molar refractivity (Wildman–Crippen MR) is 96.4 cm³/mol. The quantitative estimate of drug-likeness (QED) is 0.784. The monoisotopic (exact) mass is 352 g/mol. The van der Waals surface area contributed by atoms with Crippen LogP contribution in [0.25, 0.3) is 5.69 Å². The van der Waals surface area contributed by atoms with Crippen molar-refractivity contribution in [2.24, 2.45) is 0 Å². The van der Waals surface area contributed by atoms with Crippen LogP contribution in [0.5, 0.6) is 0 Å². The van der Waals surface area contributed by atoms with E-state index in [9.17, 15) is 9.50 Å². The van der Waals surface area contributed by atoms with Crippen LogP contribution in [0.3, 0.4) is 0 Å². The van der Waals surface area contributed by atoms with Gasteiger partial charge < -0.3 is 5.11 Å². The Morgan fingerprint density at radius 1 is 1.08 bits per heavy atom. The van der Waals surface area contributed by atoms with E-state index in [1.54, 1.807) is 23.1 Å². The van der Waals surface area contributed by atoms with E-state index in [0.717, 1.165) is 30.8 Å². The largest absolute Gasteiger partial charge is 0.391 e. The summed E-state index contributed by atoms with van der Waals surface area (Å²) in [5, 5.41) is 14.7. The number of likely N-dealkylation sites (tertiary alicyclic amines) is 1. The number of hydrogen-bond donors (Lipinski definition) is 1. The third-order valence-corrected chi connectivity index (χ3v) is 4.99. The van der Waals surface area contributed by atoms with E-state index in [2.05, 4.69) is 27.1 Å². The first-order chi connectivity index (χ1) is 12.7. The maximum atomic E-state index is 13.1. The van der Waals surface area contributed by atoms with Crippen molar-refractivity contribution in [1.29, 1.82) is 0 Å². The number of rotatable bonds is 4. The van der Waals surface area contributed by atoms with Crippen LogP contribution in [-0.4, -0.2) is 44.0 Å². The minimum Gasteiger partial charge on any atom is -0.391 e. The van der Waals surface area contributed by atoms with Gasteiger partial charge >= 0.3 is 0 Å². The molecule has 1 aromatic heterocycles. The summed E-state index contributed by atoms with van der Waals surface area (Å²) in [6.45, 7) is 2.32. The first-order valence-corrected chi connectivity index (χ1v) is 8.79. The Balaban J connectivity index is 1.37. The molecule has 134 valence electrons. The minimum atomic E-state index is -0.441. The first-order valence-electron chi connectivity index (χ1n) is 8.79. The second kappa shape index (κ2) is 7.35. The molecule has 1 N–H and O–H groups in total. The van der Waals surface area contributed by atoms with Crippen molar-refractivity contribution in [1.82, 2.24) is 19.7 Å². The SMILES string of the molecule is O[C@@H]1CN(Cc2ccc(-n3cncn3)cc2)CC[C@H]1c1ccc(F)cc1. The van der Waals surface area contributed by atoms with E-state index >= 15 is 0 Å².